The van der Waals surface area contributed by atoms with Gasteiger partial charge in [0, 0.05) is 13.7 Å². The molecule has 4 heteroatoms. The van der Waals surface area contributed by atoms with Crippen molar-refractivity contribution in [1.82, 2.24) is 5.06 Å². The van der Waals surface area contributed by atoms with Gasteiger partial charge < -0.3 is 4.74 Å². The average molecular weight is 160 g/mol. The van der Waals surface area contributed by atoms with E-state index in [0.29, 0.717) is 19.6 Å². The van der Waals surface area contributed by atoms with Crippen LogP contribution in [0.2, 0.25) is 0 Å². The minimum atomic E-state index is -0.0963. The van der Waals surface area contributed by atoms with E-state index < -0.39 is 0 Å². The van der Waals surface area contributed by atoms with Gasteiger partial charge >= 0.3 is 0 Å². The first-order valence-corrected chi connectivity index (χ1v) is 3.40. The number of amides is 1. The third-order valence-corrected chi connectivity index (χ3v) is 1.23. The minimum absolute atomic E-state index is 0.0963. The maximum absolute atomic E-state index is 10.9. The van der Waals surface area contributed by atoms with Gasteiger partial charge in [-0.2, -0.15) is 0 Å². The van der Waals surface area contributed by atoms with E-state index in [9.17, 15) is 4.79 Å². The zero-order valence-corrected chi connectivity index (χ0v) is 7.00. The SMILES string of the molecule is [CH2]COCCC(=O)N(C)OC. The van der Waals surface area contributed by atoms with E-state index in [0.717, 1.165) is 0 Å². The number of ether oxygens (including phenoxy) is 1. The Morgan fingerprint density at radius 1 is 1.64 bits per heavy atom. The molecular formula is C7H14NO3. The van der Waals surface area contributed by atoms with Gasteiger partial charge in [-0.3, -0.25) is 9.63 Å². The standard InChI is InChI=1S/C7H14NO3/c1-4-11-6-5-7(9)8(2)10-3/h1,4-6H2,2-3H3. The maximum Gasteiger partial charge on any atom is 0.248 e. The molecule has 4 nitrogen and oxygen atoms in total. The molecule has 0 aliphatic rings. The number of hydrogen-bond donors (Lipinski definition) is 0. The summed E-state index contributed by atoms with van der Waals surface area (Å²) in [6.45, 7) is 4.26. The summed E-state index contributed by atoms with van der Waals surface area (Å²) in [6, 6.07) is 0. The van der Waals surface area contributed by atoms with Gasteiger partial charge in [0.25, 0.3) is 0 Å². The van der Waals surface area contributed by atoms with Crippen molar-refractivity contribution in [2.24, 2.45) is 0 Å². The van der Waals surface area contributed by atoms with Crippen LogP contribution < -0.4 is 0 Å². The molecule has 0 spiro atoms. The van der Waals surface area contributed by atoms with Crippen molar-refractivity contribution >= 4 is 5.91 Å². The zero-order valence-electron chi connectivity index (χ0n) is 7.00. The number of nitrogens with zero attached hydrogens (tertiary/aromatic N) is 1. The Hall–Kier alpha value is -0.610. The predicted octanol–water partition coefficient (Wildman–Crippen LogP) is 0.247. The molecule has 0 aliphatic carbocycles. The van der Waals surface area contributed by atoms with Crippen LogP contribution in [0, 0.1) is 6.92 Å². The van der Waals surface area contributed by atoms with Crippen molar-refractivity contribution in [1.29, 1.82) is 0 Å². The lowest BCUT2D eigenvalue weighted by molar-refractivity contribution is -0.169. The number of carbonyl (C=O) groups is 1. The van der Waals surface area contributed by atoms with Crippen molar-refractivity contribution in [3.8, 4) is 0 Å². The van der Waals surface area contributed by atoms with Gasteiger partial charge in [0.15, 0.2) is 0 Å². The summed E-state index contributed by atoms with van der Waals surface area (Å²) in [5.41, 5.74) is 0. The smallest absolute Gasteiger partial charge is 0.248 e. The highest BCUT2D eigenvalue weighted by Crippen LogP contribution is 1.90. The van der Waals surface area contributed by atoms with Crippen molar-refractivity contribution in [2.45, 2.75) is 6.42 Å². The van der Waals surface area contributed by atoms with Gasteiger partial charge in [-0.05, 0) is 6.92 Å². The highest BCUT2D eigenvalue weighted by atomic mass is 16.7. The first-order valence-electron chi connectivity index (χ1n) is 3.40. The van der Waals surface area contributed by atoms with Crippen LogP contribution in [0.25, 0.3) is 0 Å². The topological polar surface area (TPSA) is 38.8 Å². The third-order valence-electron chi connectivity index (χ3n) is 1.23. The molecule has 1 radical (unpaired) electrons. The van der Waals surface area contributed by atoms with Crippen LogP contribution in [-0.4, -0.2) is 38.3 Å². The summed E-state index contributed by atoms with van der Waals surface area (Å²) < 4.78 is 4.88. The van der Waals surface area contributed by atoms with Gasteiger partial charge in [0.2, 0.25) is 5.91 Å². The molecule has 0 aliphatic heterocycles. The monoisotopic (exact) mass is 160 g/mol. The van der Waals surface area contributed by atoms with E-state index >= 15 is 0 Å². The van der Waals surface area contributed by atoms with Gasteiger partial charge in [-0.15, -0.1) is 0 Å². The highest BCUT2D eigenvalue weighted by molar-refractivity contribution is 5.74. The largest absolute Gasteiger partial charge is 0.381 e. The van der Waals surface area contributed by atoms with Gasteiger partial charge in [-0.25, -0.2) is 5.06 Å². The second-order valence-corrected chi connectivity index (χ2v) is 1.94. The van der Waals surface area contributed by atoms with Gasteiger partial charge in [-0.1, -0.05) is 0 Å². The lowest BCUT2D eigenvalue weighted by Crippen LogP contribution is -2.26. The minimum Gasteiger partial charge on any atom is -0.381 e. The second kappa shape index (κ2) is 6.12. The summed E-state index contributed by atoms with van der Waals surface area (Å²) in [7, 11) is 3.01. The fourth-order valence-electron chi connectivity index (χ4n) is 0.521. The molecule has 0 heterocycles. The fourth-order valence-corrected chi connectivity index (χ4v) is 0.521. The van der Waals surface area contributed by atoms with E-state index in [1.54, 1.807) is 7.05 Å². The summed E-state index contributed by atoms with van der Waals surface area (Å²) in [5.74, 6) is -0.0963. The first kappa shape index (κ1) is 10.4. The quantitative estimate of drug-likeness (QED) is 0.427. The van der Waals surface area contributed by atoms with Crippen LogP contribution in [0.1, 0.15) is 6.42 Å². The molecule has 0 aromatic heterocycles. The zero-order chi connectivity index (χ0) is 8.69. The lowest BCUT2D eigenvalue weighted by Gasteiger charge is -2.12. The number of rotatable bonds is 5. The molecule has 0 N–H and O–H groups in total. The van der Waals surface area contributed by atoms with E-state index in [-0.39, 0.29) is 5.91 Å². The molecule has 11 heavy (non-hydrogen) atoms. The molecule has 0 aromatic rings. The molecule has 0 bridgehead atoms. The molecule has 0 saturated carbocycles. The van der Waals surface area contributed by atoms with Crippen LogP contribution in [0.4, 0.5) is 0 Å². The predicted molar refractivity (Wildman–Crippen MR) is 40.6 cm³/mol. The molecule has 0 fully saturated rings. The normalized spacial score (nSPS) is 9.73. The van der Waals surface area contributed by atoms with Crippen LogP contribution >= 0.6 is 0 Å². The second-order valence-electron chi connectivity index (χ2n) is 1.94. The van der Waals surface area contributed by atoms with Gasteiger partial charge in [0.05, 0.1) is 20.1 Å². The molecule has 0 aromatic carbocycles. The third kappa shape index (κ3) is 4.75. The van der Waals surface area contributed by atoms with Crippen molar-refractivity contribution in [2.75, 3.05) is 27.4 Å². The van der Waals surface area contributed by atoms with Crippen LogP contribution in [0.15, 0.2) is 0 Å². The Morgan fingerprint density at radius 3 is 2.73 bits per heavy atom. The maximum atomic E-state index is 10.9. The molecule has 0 rings (SSSR count). The van der Waals surface area contributed by atoms with Gasteiger partial charge in [0.1, 0.15) is 0 Å². The molecule has 65 valence electrons. The number of carbonyl (C=O) groups excluding carboxylic acids is 1. The molecule has 0 saturated heterocycles. The van der Waals surface area contributed by atoms with Crippen LogP contribution in [0.5, 0.6) is 0 Å². The molecular weight excluding hydrogens is 146 g/mol. The Morgan fingerprint density at radius 2 is 2.27 bits per heavy atom. The lowest BCUT2D eigenvalue weighted by atomic mass is 10.4. The fraction of sp³-hybridized carbons (Fsp3) is 0.714. The van der Waals surface area contributed by atoms with Crippen molar-refractivity contribution in [3.05, 3.63) is 6.92 Å². The Bertz CT molecular complexity index is 116. The first-order chi connectivity index (χ1) is 5.22. The van der Waals surface area contributed by atoms with Crippen molar-refractivity contribution < 1.29 is 14.4 Å². The summed E-state index contributed by atoms with van der Waals surface area (Å²) in [6.07, 6.45) is 0.333. The number of hydroxylamine groups is 2. The average Bonchev–Trinajstić information content (AvgIpc) is 2.03. The molecule has 0 unspecified atom stereocenters. The van der Waals surface area contributed by atoms with E-state index in [1.807, 2.05) is 0 Å². The van der Waals surface area contributed by atoms with E-state index in [1.165, 1.54) is 12.2 Å². The Labute approximate surface area is 67.0 Å². The van der Waals surface area contributed by atoms with E-state index in [2.05, 4.69) is 11.8 Å². The summed E-state index contributed by atoms with van der Waals surface area (Å²) in [4.78, 5) is 15.6. The van der Waals surface area contributed by atoms with Crippen molar-refractivity contribution in [3.63, 3.8) is 0 Å². The Balaban J connectivity index is 3.36. The van der Waals surface area contributed by atoms with Crippen LogP contribution in [-0.2, 0) is 14.4 Å². The highest BCUT2D eigenvalue weighted by Gasteiger charge is 2.05. The van der Waals surface area contributed by atoms with E-state index in [4.69, 9.17) is 4.74 Å². The number of hydrogen-bond acceptors (Lipinski definition) is 3. The summed E-state index contributed by atoms with van der Waals surface area (Å²) in [5, 5.41) is 1.17. The molecule has 1 amide bonds. The molecule has 0 atom stereocenters. The van der Waals surface area contributed by atoms with Crippen LogP contribution in [0.3, 0.4) is 0 Å². The summed E-state index contributed by atoms with van der Waals surface area (Å²) >= 11 is 0. The Kier molecular flexibility index (Phi) is 5.78.